The van der Waals surface area contributed by atoms with Crippen molar-refractivity contribution in [3.8, 4) is 11.4 Å². The quantitative estimate of drug-likeness (QED) is 0.478. The van der Waals surface area contributed by atoms with Crippen LogP contribution in [0.5, 0.6) is 0 Å². The first-order chi connectivity index (χ1) is 13.6. The Morgan fingerprint density at radius 2 is 2.04 bits per heavy atom. The molecule has 28 heavy (non-hydrogen) atoms. The van der Waals surface area contributed by atoms with Crippen molar-refractivity contribution in [3.05, 3.63) is 85.2 Å². The maximum atomic E-state index is 12.8. The van der Waals surface area contributed by atoms with Gasteiger partial charge < -0.3 is 13.7 Å². The summed E-state index contributed by atoms with van der Waals surface area (Å²) in [7, 11) is 1.27. The van der Waals surface area contributed by atoms with E-state index in [1.54, 1.807) is 29.0 Å². The maximum absolute atomic E-state index is 12.8. The third-order valence-electron chi connectivity index (χ3n) is 4.22. The standard InChI is InChI=1S/C19H15N3O5S/c1-26-18(24)15-7-6-12(27-15)10-21-8-2-5-14-16(21)20-19(25)22(17(14)23)11-13-4-3-9-28-13/h2-9H,10-11H2,1H3. The molecule has 142 valence electrons. The van der Waals surface area contributed by atoms with Crippen molar-refractivity contribution in [2.24, 2.45) is 0 Å². The lowest BCUT2D eigenvalue weighted by atomic mass is 10.2. The Labute approximate surface area is 162 Å². The molecule has 2 aliphatic rings. The number of hydrogen-bond donors (Lipinski definition) is 0. The molecule has 4 rings (SSSR count). The third kappa shape index (κ3) is 3.27. The molecule has 0 radical (unpaired) electrons. The molecular weight excluding hydrogens is 382 g/mol. The van der Waals surface area contributed by atoms with E-state index >= 15 is 0 Å². The van der Waals surface area contributed by atoms with Crippen LogP contribution in [0.3, 0.4) is 0 Å². The van der Waals surface area contributed by atoms with Gasteiger partial charge in [-0.2, -0.15) is 4.98 Å². The van der Waals surface area contributed by atoms with Gasteiger partial charge >= 0.3 is 11.7 Å². The van der Waals surface area contributed by atoms with Gasteiger partial charge in [-0.15, -0.1) is 11.3 Å². The van der Waals surface area contributed by atoms with Crippen molar-refractivity contribution >= 4 is 17.3 Å². The summed E-state index contributed by atoms with van der Waals surface area (Å²) >= 11 is 1.47. The Balaban J connectivity index is 1.73. The highest BCUT2D eigenvalue weighted by Crippen LogP contribution is 2.17. The third-order valence-corrected chi connectivity index (χ3v) is 5.08. The van der Waals surface area contributed by atoms with E-state index in [1.807, 2.05) is 17.5 Å². The number of thiophene rings is 1. The van der Waals surface area contributed by atoms with Crippen molar-refractivity contribution < 1.29 is 13.9 Å². The number of carbonyl (C=O) groups excluding carboxylic acids is 1. The highest BCUT2D eigenvalue weighted by molar-refractivity contribution is 7.09. The van der Waals surface area contributed by atoms with Gasteiger partial charge in [-0.1, -0.05) is 6.07 Å². The maximum Gasteiger partial charge on any atom is 0.373 e. The minimum Gasteiger partial charge on any atom is -0.463 e. The Bertz CT molecular complexity index is 1220. The second-order valence-electron chi connectivity index (χ2n) is 6.00. The summed E-state index contributed by atoms with van der Waals surface area (Å²) in [5, 5.41) is 1.89. The molecule has 0 amide bonds. The molecule has 4 heterocycles. The van der Waals surface area contributed by atoms with E-state index in [0.29, 0.717) is 11.3 Å². The number of ether oxygens (including phenoxy) is 1. The van der Waals surface area contributed by atoms with Gasteiger partial charge in [0.2, 0.25) is 5.76 Å². The summed E-state index contributed by atoms with van der Waals surface area (Å²) in [5.74, 6) is 0.227. The van der Waals surface area contributed by atoms with Crippen LogP contribution in [0.15, 0.2) is 62.0 Å². The molecule has 0 saturated carbocycles. The molecule has 2 aromatic heterocycles. The topological polar surface area (TPSA) is 96.3 Å². The van der Waals surface area contributed by atoms with Crippen LogP contribution in [-0.4, -0.2) is 27.2 Å². The molecule has 9 heteroatoms. The van der Waals surface area contributed by atoms with Crippen LogP contribution in [0.4, 0.5) is 0 Å². The van der Waals surface area contributed by atoms with E-state index in [2.05, 4.69) is 9.72 Å². The van der Waals surface area contributed by atoms with Gasteiger partial charge in [0.25, 0.3) is 5.56 Å². The van der Waals surface area contributed by atoms with Gasteiger partial charge in [-0.25, -0.2) is 9.59 Å². The number of hydrogen-bond acceptors (Lipinski definition) is 7. The lowest BCUT2D eigenvalue weighted by molar-refractivity contribution is 0.0563. The zero-order valence-electron chi connectivity index (χ0n) is 14.8. The zero-order valence-corrected chi connectivity index (χ0v) is 15.6. The Morgan fingerprint density at radius 3 is 2.79 bits per heavy atom. The number of aromatic nitrogens is 3. The van der Waals surface area contributed by atoms with Gasteiger partial charge in [0.05, 0.1) is 25.8 Å². The van der Waals surface area contributed by atoms with E-state index in [0.717, 1.165) is 9.44 Å². The number of nitrogens with zero attached hydrogens (tertiary/aromatic N) is 3. The van der Waals surface area contributed by atoms with Crippen LogP contribution >= 0.6 is 11.3 Å². The number of carbonyl (C=O) groups is 1. The van der Waals surface area contributed by atoms with Gasteiger partial charge in [-0.3, -0.25) is 9.36 Å². The van der Waals surface area contributed by atoms with Gasteiger partial charge in [0, 0.05) is 11.1 Å². The van der Waals surface area contributed by atoms with E-state index < -0.39 is 17.2 Å². The molecule has 0 unspecified atom stereocenters. The fourth-order valence-electron chi connectivity index (χ4n) is 2.88. The smallest absolute Gasteiger partial charge is 0.373 e. The van der Waals surface area contributed by atoms with Gasteiger partial charge in [0.1, 0.15) is 5.76 Å². The van der Waals surface area contributed by atoms with Crippen LogP contribution in [0.2, 0.25) is 0 Å². The molecule has 0 atom stereocenters. The van der Waals surface area contributed by atoms with E-state index in [1.165, 1.54) is 24.5 Å². The molecule has 0 N–H and O–H groups in total. The summed E-state index contributed by atoms with van der Waals surface area (Å²) < 4.78 is 12.8. The SMILES string of the molecule is COC(=O)c1ccc(Cn2cccc3c(=O)n(Cc4cccs4)c(=O)nc2-3)o1. The second kappa shape index (κ2) is 7.28. The lowest BCUT2D eigenvalue weighted by Crippen LogP contribution is -2.38. The molecule has 8 nitrogen and oxygen atoms in total. The fraction of sp³-hybridized carbons (Fsp3) is 0.158. The van der Waals surface area contributed by atoms with Gasteiger partial charge in [-0.05, 0) is 35.7 Å². The van der Waals surface area contributed by atoms with Gasteiger partial charge in [0.15, 0.2) is 5.82 Å². The number of furan rings is 1. The summed E-state index contributed by atoms with van der Waals surface area (Å²) in [6.45, 7) is 0.392. The highest BCUT2D eigenvalue weighted by atomic mass is 32.1. The van der Waals surface area contributed by atoms with Crippen LogP contribution < -0.4 is 11.2 Å². The molecular formula is C19H15N3O5S. The van der Waals surface area contributed by atoms with E-state index in [9.17, 15) is 14.4 Å². The Morgan fingerprint density at radius 1 is 1.18 bits per heavy atom. The van der Waals surface area contributed by atoms with Crippen molar-refractivity contribution in [2.45, 2.75) is 13.1 Å². The first-order valence-corrected chi connectivity index (χ1v) is 9.24. The normalized spacial score (nSPS) is 11.0. The van der Waals surface area contributed by atoms with Crippen LogP contribution in [-0.2, 0) is 17.8 Å². The summed E-state index contributed by atoms with van der Waals surface area (Å²) in [4.78, 5) is 41.9. The second-order valence-corrected chi connectivity index (χ2v) is 7.03. The predicted molar refractivity (Wildman–Crippen MR) is 102 cm³/mol. The summed E-state index contributed by atoms with van der Waals surface area (Å²) in [5.41, 5.74) is -0.675. The average Bonchev–Trinajstić information content (AvgIpc) is 3.37. The first-order valence-electron chi connectivity index (χ1n) is 8.36. The fourth-order valence-corrected chi connectivity index (χ4v) is 3.58. The van der Waals surface area contributed by atoms with Crippen molar-refractivity contribution in [1.82, 2.24) is 14.1 Å². The van der Waals surface area contributed by atoms with Crippen LogP contribution in [0.25, 0.3) is 11.4 Å². The van der Waals surface area contributed by atoms with Crippen LogP contribution in [0.1, 0.15) is 21.2 Å². The molecule has 2 aliphatic heterocycles. The molecule has 0 fully saturated rings. The lowest BCUT2D eigenvalue weighted by Gasteiger charge is -2.14. The van der Waals surface area contributed by atoms with Crippen molar-refractivity contribution in [2.75, 3.05) is 7.11 Å². The number of methoxy groups -OCH3 is 1. The monoisotopic (exact) mass is 397 g/mol. The zero-order chi connectivity index (χ0) is 19.7. The molecule has 0 bridgehead atoms. The molecule has 0 aromatic carbocycles. The largest absolute Gasteiger partial charge is 0.463 e. The van der Waals surface area contributed by atoms with Crippen LogP contribution in [0, 0.1) is 0 Å². The van der Waals surface area contributed by atoms with E-state index in [4.69, 9.17) is 4.42 Å². The Hall–Kier alpha value is -3.46. The highest BCUT2D eigenvalue weighted by Gasteiger charge is 2.18. The number of esters is 1. The average molecular weight is 397 g/mol. The number of rotatable bonds is 5. The molecule has 0 spiro atoms. The number of fused-ring (bicyclic) bond motifs is 1. The minimum atomic E-state index is -0.611. The molecule has 0 saturated heterocycles. The predicted octanol–water partition coefficient (Wildman–Crippen LogP) is 2.05. The first kappa shape index (κ1) is 17.9. The summed E-state index contributed by atoms with van der Waals surface area (Å²) in [6, 6.07) is 10.2. The minimum absolute atomic E-state index is 0.0779. The number of pyridine rings is 1. The summed E-state index contributed by atoms with van der Waals surface area (Å²) in [6.07, 6.45) is 1.69. The van der Waals surface area contributed by atoms with Crippen molar-refractivity contribution in [1.29, 1.82) is 0 Å². The molecule has 0 aliphatic carbocycles. The van der Waals surface area contributed by atoms with Crippen molar-refractivity contribution in [3.63, 3.8) is 0 Å². The molecule has 2 aromatic rings. The van der Waals surface area contributed by atoms with E-state index in [-0.39, 0.29) is 24.7 Å². The Kier molecular flexibility index (Phi) is 4.66.